The molecule has 0 aromatic heterocycles. The monoisotopic (exact) mass is 221 g/mol. The van der Waals surface area contributed by atoms with Gasteiger partial charge in [-0.15, -0.1) is 0 Å². The van der Waals surface area contributed by atoms with E-state index >= 15 is 0 Å². The Labute approximate surface area is 100 Å². The Morgan fingerprint density at radius 2 is 1.56 bits per heavy atom. The molecule has 4 saturated carbocycles. The van der Waals surface area contributed by atoms with Gasteiger partial charge in [-0.3, -0.25) is 0 Å². The van der Waals surface area contributed by atoms with Gasteiger partial charge in [0, 0.05) is 6.04 Å². The van der Waals surface area contributed by atoms with Crippen molar-refractivity contribution in [1.29, 1.82) is 0 Å². The predicted molar refractivity (Wildman–Crippen MR) is 68.1 cm³/mol. The van der Waals surface area contributed by atoms with E-state index < -0.39 is 0 Å². The van der Waals surface area contributed by atoms with E-state index in [1.807, 2.05) is 0 Å². The third-order valence-electron chi connectivity index (χ3n) is 5.52. The second kappa shape index (κ2) is 4.01. The zero-order chi connectivity index (χ0) is 11.2. The summed E-state index contributed by atoms with van der Waals surface area (Å²) in [6.45, 7) is 2.26. The summed E-state index contributed by atoms with van der Waals surface area (Å²) in [5.74, 6) is 3.25. The molecule has 0 aliphatic heterocycles. The van der Waals surface area contributed by atoms with Crippen LogP contribution in [0.4, 0.5) is 0 Å². The molecule has 4 aliphatic carbocycles. The molecule has 1 atom stereocenters. The van der Waals surface area contributed by atoms with Gasteiger partial charge in [-0.25, -0.2) is 0 Å². The molecule has 92 valence electrons. The smallest absolute Gasteiger partial charge is 0.00440 e. The van der Waals surface area contributed by atoms with Gasteiger partial charge < -0.3 is 5.73 Å². The second-order valence-corrected chi connectivity index (χ2v) is 7.17. The van der Waals surface area contributed by atoms with Crippen molar-refractivity contribution in [2.75, 3.05) is 0 Å². The van der Waals surface area contributed by atoms with E-state index in [1.54, 1.807) is 19.3 Å². The standard InChI is InChI=1S/C15H27N/c1-2-3-14(16)10-15-7-11-4-12(8-15)6-13(5-11)9-15/h11-14H,2-10,16H2,1H3. The summed E-state index contributed by atoms with van der Waals surface area (Å²) >= 11 is 0. The topological polar surface area (TPSA) is 26.0 Å². The number of nitrogens with two attached hydrogens (primary N) is 1. The molecule has 0 amide bonds. The van der Waals surface area contributed by atoms with Crippen LogP contribution in [0.5, 0.6) is 0 Å². The molecule has 0 aromatic carbocycles. The van der Waals surface area contributed by atoms with Crippen LogP contribution in [-0.4, -0.2) is 6.04 Å². The molecule has 4 aliphatic rings. The van der Waals surface area contributed by atoms with Crippen LogP contribution in [-0.2, 0) is 0 Å². The Kier molecular flexibility index (Phi) is 2.78. The normalized spacial score (nSPS) is 47.2. The zero-order valence-corrected chi connectivity index (χ0v) is 10.8. The van der Waals surface area contributed by atoms with Crippen LogP contribution in [0.2, 0.25) is 0 Å². The SMILES string of the molecule is CCCC(N)CC12CC3CC(CC(C3)C1)C2. The van der Waals surface area contributed by atoms with Crippen molar-refractivity contribution in [3.63, 3.8) is 0 Å². The van der Waals surface area contributed by atoms with Crippen molar-refractivity contribution in [3.05, 3.63) is 0 Å². The van der Waals surface area contributed by atoms with Crippen LogP contribution in [0.25, 0.3) is 0 Å². The van der Waals surface area contributed by atoms with Gasteiger partial charge in [-0.2, -0.15) is 0 Å². The van der Waals surface area contributed by atoms with Crippen molar-refractivity contribution in [2.45, 2.75) is 70.8 Å². The Morgan fingerprint density at radius 3 is 2.00 bits per heavy atom. The maximum Gasteiger partial charge on any atom is 0.00440 e. The first-order chi connectivity index (χ1) is 7.69. The van der Waals surface area contributed by atoms with Crippen LogP contribution >= 0.6 is 0 Å². The summed E-state index contributed by atoms with van der Waals surface area (Å²) in [5.41, 5.74) is 7.00. The van der Waals surface area contributed by atoms with Gasteiger partial charge in [0.2, 0.25) is 0 Å². The van der Waals surface area contributed by atoms with Gasteiger partial charge in [-0.1, -0.05) is 13.3 Å². The fourth-order valence-corrected chi connectivity index (χ4v) is 5.57. The van der Waals surface area contributed by atoms with Crippen LogP contribution in [0.15, 0.2) is 0 Å². The molecule has 1 heteroatoms. The van der Waals surface area contributed by atoms with Crippen LogP contribution in [0.1, 0.15) is 64.7 Å². The minimum absolute atomic E-state index is 0.487. The molecule has 0 heterocycles. The lowest BCUT2D eigenvalue weighted by Gasteiger charge is -2.57. The quantitative estimate of drug-likeness (QED) is 0.769. The van der Waals surface area contributed by atoms with Crippen molar-refractivity contribution >= 4 is 0 Å². The lowest BCUT2D eigenvalue weighted by molar-refractivity contribution is -0.0606. The highest BCUT2D eigenvalue weighted by atomic mass is 14.7. The molecule has 4 fully saturated rings. The van der Waals surface area contributed by atoms with E-state index in [-0.39, 0.29) is 0 Å². The molecule has 0 aromatic rings. The van der Waals surface area contributed by atoms with E-state index in [4.69, 9.17) is 5.73 Å². The summed E-state index contributed by atoms with van der Waals surface area (Å²) in [4.78, 5) is 0. The maximum absolute atomic E-state index is 6.31. The van der Waals surface area contributed by atoms with Gasteiger partial charge in [0.05, 0.1) is 0 Å². The Hall–Kier alpha value is -0.0400. The molecule has 2 N–H and O–H groups in total. The summed E-state index contributed by atoms with van der Waals surface area (Å²) < 4.78 is 0. The van der Waals surface area contributed by atoms with E-state index in [2.05, 4.69) is 6.92 Å². The number of rotatable bonds is 4. The van der Waals surface area contributed by atoms with Crippen molar-refractivity contribution in [1.82, 2.24) is 0 Å². The molecule has 0 saturated heterocycles. The summed E-state index contributed by atoms with van der Waals surface area (Å²) in [6, 6.07) is 0.487. The molecule has 4 rings (SSSR count). The molecule has 1 nitrogen and oxygen atoms in total. The van der Waals surface area contributed by atoms with E-state index in [0.29, 0.717) is 11.5 Å². The van der Waals surface area contributed by atoms with Crippen LogP contribution < -0.4 is 5.73 Å². The van der Waals surface area contributed by atoms with E-state index in [1.165, 1.54) is 38.5 Å². The summed E-state index contributed by atoms with van der Waals surface area (Å²) in [5, 5.41) is 0. The maximum atomic E-state index is 6.31. The largest absolute Gasteiger partial charge is 0.328 e. The Bertz CT molecular complexity index is 223. The fourth-order valence-electron chi connectivity index (χ4n) is 5.57. The third-order valence-corrected chi connectivity index (χ3v) is 5.52. The van der Waals surface area contributed by atoms with Gasteiger partial charge >= 0.3 is 0 Å². The third kappa shape index (κ3) is 1.92. The first-order valence-electron chi connectivity index (χ1n) is 7.45. The predicted octanol–water partition coefficient (Wildman–Crippen LogP) is 3.72. The van der Waals surface area contributed by atoms with Gasteiger partial charge in [0.25, 0.3) is 0 Å². The minimum Gasteiger partial charge on any atom is -0.328 e. The molecule has 4 bridgehead atoms. The lowest BCUT2D eigenvalue weighted by atomic mass is 9.48. The highest BCUT2D eigenvalue weighted by Gasteiger charge is 2.50. The highest BCUT2D eigenvalue weighted by molar-refractivity contribution is 5.02. The first-order valence-corrected chi connectivity index (χ1v) is 7.45. The van der Waals surface area contributed by atoms with Crippen molar-refractivity contribution in [2.24, 2.45) is 28.9 Å². The Morgan fingerprint density at radius 1 is 1.06 bits per heavy atom. The molecule has 1 unspecified atom stereocenters. The minimum atomic E-state index is 0.487. The van der Waals surface area contributed by atoms with Crippen molar-refractivity contribution in [3.8, 4) is 0 Å². The van der Waals surface area contributed by atoms with E-state index in [0.717, 1.165) is 17.8 Å². The Balaban J connectivity index is 1.68. The second-order valence-electron chi connectivity index (χ2n) is 7.17. The molecule has 0 radical (unpaired) electrons. The molecular formula is C15H27N. The van der Waals surface area contributed by atoms with Gasteiger partial charge in [0.1, 0.15) is 0 Å². The van der Waals surface area contributed by atoms with Crippen LogP contribution in [0.3, 0.4) is 0 Å². The average Bonchev–Trinajstić information content (AvgIpc) is 2.13. The van der Waals surface area contributed by atoms with Gasteiger partial charge in [-0.05, 0) is 74.5 Å². The van der Waals surface area contributed by atoms with Gasteiger partial charge in [0.15, 0.2) is 0 Å². The molecular weight excluding hydrogens is 194 g/mol. The summed E-state index contributed by atoms with van der Waals surface area (Å²) in [7, 11) is 0. The summed E-state index contributed by atoms with van der Waals surface area (Å²) in [6.07, 6.45) is 13.1. The first kappa shape index (κ1) is 11.1. The molecule has 0 spiro atoms. The number of hydrogen-bond acceptors (Lipinski definition) is 1. The average molecular weight is 221 g/mol. The van der Waals surface area contributed by atoms with E-state index in [9.17, 15) is 0 Å². The number of hydrogen-bond donors (Lipinski definition) is 1. The molecule has 16 heavy (non-hydrogen) atoms. The zero-order valence-electron chi connectivity index (χ0n) is 10.8. The lowest BCUT2D eigenvalue weighted by Crippen LogP contribution is -2.48. The fraction of sp³-hybridized carbons (Fsp3) is 1.00. The van der Waals surface area contributed by atoms with Crippen molar-refractivity contribution < 1.29 is 0 Å². The highest BCUT2D eigenvalue weighted by Crippen LogP contribution is 2.61. The van der Waals surface area contributed by atoms with Crippen LogP contribution in [0, 0.1) is 23.2 Å².